The predicted octanol–water partition coefficient (Wildman–Crippen LogP) is 3.58. The summed E-state index contributed by atoms with van der Waals surface area (Å²) in [6.45, 7) is 5.24. The first-order valence-corrected chi connectivity index (χ1v) is 10.5. The number of anilines is 1. The quantitative estimate of drug-likeness (QED) is 0.391. The largest absolute Gasteiger partial charge is 0.325 e. The Hall–Kier alpha value is -3.45. The van der Waals surface area contributed by atoms with E-state index in [9.17, 15) is 9.59 Å². The molecule has 0 unspecified atom stereocenters. The molecule has 7 heteroatoms. The molecule has 1 aliphatic rings. The molecule has 0 bridgehead atoms. The van der Waals surface area contributed by atoms with Crippen LogP contribution in [0, 0.1) is 0 Å². The third-order valence-corrected chi connectivity index (χ3v) is 5.59. The maximum absolute atomic E-state index is 13.0. The second kappa shape index (κ2) is 8.51. The number of aromatic amines is 1. The normalized spacial score (nSPS) is 15.0. The second-order valence-electron chi connectivity index (χ2n) is 6.74. The van der Waals surface area contributed by atoms with Gasteiger partial charge >= 0.3 is 11.3 Å². The third-order valence-electron chi connectivity index (χ3n) is 4.73. The fourth-order valence-electron chi connectivity index (χ4n) is 3.49. The van der Waals surface area contributed by atoms with Crippen molar-refractivity contribution in [3.8, 4) is 11.3 Å². The first kappa shape index (κ1) is 19.8. The minimum Gasteiger partial charge on any atom is -0.291 e. The van der Waals surface area contributed by atoms with Crippen molar-refractivity contribution in [2.75, 3.05) is 10.7 Å². The Morgan fingerprint density at radius 3 is 2.70 bits per heavy atom. The number of nitrogens with one attached hydrogen (secondary N) is 1. The fourth-order valence-corrected chi connectivity index (χ4v) is 4.08. The van der Waals surface area contributed by atoms with Crippen molar-refractivity contribution in [1.29, 1.82) is 0 Å². The highest BCUT2D eigenvalue weighted by atomic mass is 32.2. The van der Waals surface area contributed by atoms with Gasteiger partial charge in [0.1, 0.15) is 0 Å². The van der Waals surface area contributed by atoms with E-state index in [-0.39, 0.29) is 11.5 Å². The van der Waals surface area contributed by atoms with E-state index in [1.807, 2.05) is 66.7 Å². The van der Waals surface area contributed by atoms with Crippen LogP contribution in [0.3, 0.4) is 0 Å². The Labute approximate surface area is 178 Å². The molecule has 0 saturated carbocycles. The molecule has 0 saturated heterocycles. The maximum atomic E-state index is 13.0. The molecule has 1 atom stereocenters. The van der Waals surface area contributed by atoms with Gasteiger partial charge < -0.3 is 0 Å². The number of hydrogen-bond acceptors (Lipinski definition) is 4. The van der Waals surface area contributed by atoms with Gasteiger partial charge in [0.05, 0.1) is 11.3 Å². The molecule has 6 nitrogen and oxygen atoms in total. The molecule has 0 radical (unpaired) electrons. The van der Waals surface area contributed by atoms with Gasteiger partial charge in [0.25, 0.3) is 6.17 Å². The van der Waals surface area contributed by atoms with Gasteiger partial charge in [-0.2, -0.15) is 0 Å². The number of thioether (sulfide) groups is 1. The first-order chi connectivity index (χ1) is 14.6. The number of hydrogen-bond donors (Lipinski definition) is 1. The molecule has 1 aromatic heterocycles. The molecule has 150 valence electrons. The van der Waals surface area contributed by atoms with Gasteiger partial charge in [-0.25, -0.2) is 4.90 Å². The average Bonchev–Trinajstić information content (AvgIpc) is 2.76. The van der Waals surface area contributed by atoms with Crippen molar-refractivity contribution in [1.82, 2.24) is 10.1 Å². The van der Waals surface area contributed by atoms with Crippen LogP contribution in [0.4, 0.5) is 5.69 Å². The number of aromatic nitrogens is 3. The molecular formula is C23H21N4O2S+. The zero-order valence-electron chi connectivity index (χ0n) is 16.5. The van der Waals surface area contributed by atoms with Crippen LogP contribution in [0.15, 0.2) is 83.3 Å². The first-order valence-electron chi connectivity index (χ1n) is 9.52. The number of carbonyl (C=O) groups is 1. The van der Waals surface area contributed by atoms with Crippen LogP contribution >= 0.6 is 11.8 Å². The molecule has 0 aliphatic carbocycles. The Bertz CT molecular complexity index is 1190. The van der Waals surface area contributed by atoms with Crippen LogP contribution in [0.25, 0.3) is 17.3 Å². The fraction of sp³-hybridized carbons (Fsp3) is 0.130. The van der Waals surface area contributed by atoms with Gasteiger partial charge in [-0.1, -0.05) is 66.4 Å². The summed E-state index contributed by atoms with van der Waals surface area (Å²) in [7, 11) is 0. The van der Waals surface area contributed by atoms with Crippen molar-refractivity contribution in [2.24, 2.45) is 0 Å². The number of carbonyl (C=O) groups excluding carboxylic acids is 1. The lowest BCUT2D eigenvalue weighted by molar-refractivity contribution is -0.761. The van der Waals surface area contributed by atoms with Crippen molar-refractivity contribution in [3.63, 3.8) is 0 Å². The van der Waals surface area contributed by atoms with Crippen LogP contribution < -0.4 is 15.1 Å². The highest BCUT2D eigenvalue weighted by Gasteiger charge is 2.42. The summed E-state index contributed by atoms with van der Waals surface area (Å²) in [5.74, 6) is 0.477. The summed E-state index contributed by atoms with van der Waals surface area (Å²) in [5, 5.41) is 5.14. The molecule has 4 rings (SSSR count). The number of H-pyrrole nitrogens is 1. The van der Waals surface area contributed by atoms with Gasteiger partial charge in [-0.3, -0.25) is 14.6 Å². The van der Waals surface area contributed by atoms with Crippen molar-refractivity contribution >= 4 is 29.4 Å². The molecule has 1 aliphatic heterocycles. The van der Waals surface area contributed by atoms with Gasteiger partial charge in [0.2, 0.25) is 11.1 Å². The van der Waals surface area contributed by atoms with Gasteiger partial charge in [0.15, 0.2) is 0 Å². The number of fused-ring (bicyclic) bond motifs is 3. The van der Waals surface area contributed by atoms with Gasteiger partial charge in [-0.05, 0) is 22.4 Å². The Kier molecular flexibility index (Phi) is 5.63. The van der Waals surface area contributed by atoms with E-state index in [1.54, 1.807) is 15.7 Å². The predicted molar refractivity (Wildman–Crippen MR) is 119 cm³/mol. The van der Waals surface area contributed by atoms with E-state index in [0.717, 1.165) is 5.56 Å². The van der Waals surface area contributed by atoms with Crippen molar-refractivity contribution in [3.05, 3.63) is 89.2 Å². The van der Waals surface area contributed by atoms with Crippen LogP contribution in [-0.2, 0) is 4.79 Å². The SMILES string of the molecule is C=CCSc1n[n+]2c(c(=O)[nH]1)-c1ccccc1N(C(C)=O)[C@H]2/C=C/c1ccccc1. The lowest BCUT2D eigenvalue weighted by Crippen LogP contribution is -2.59. The number of amides is 1. The molecule has 1 N–H and O–H groups in total. The second-order valence-corrected chi connectivity index (χ2v) is 7.75. The minimum absolute atomic E-state index is 0.134. The Morgan fingerprint density at radius 2 is 1.97 bits per heavy atom. The van der Waals surface area contributed by atoms with E-state index >= 15 is 0 Å². The minimum atomic E-state index is -0.571. The van der Waals surface area contributed by atoms with Crippen LogP contribution in [0.5, 0.6) is 0 Å². The highest BCUT2D eigenvalue weighted by molar-refractivity contribution is 7.99. The summed E-state index contributed by atoms with van der Waals surface area (Å²) in [6, 6.07) is 17.2. The average molecular weight is 418 g/mol. The molecule has 30 heavy (non-hydrogen) atoms. The van der Waals surface area contributed by atoms with E-state index in [4.69, 9.17) is 0 Å². The molecular weight excluding hydrogens is 396 g/mol. The Balaban J connectivity index is 1.93. The zero-order valence-corrected chi connectivity index (χ0v) is 17.3. The third kappa shape index (κ3) is 3.71. The summed E-state index contributed by atoms with van der Waals surface area (Å²) in [4.78, 5) is 30.2. The molecule has 0 spiro atoms. The van der Waals surface area contributed by atoms with E-state index in [2.05, 4.69) is 16.7 Å². The standard InChI is InChI=1S/C23H20N4O2S/c1-3-15-30-23-24-22(29)21-18-11-7-8-12-19(18)26(16(2)28)20(27(21)25-23)14-13-17-9-5-4-6-10-17/h3-14,20H,1,15H2,2H3/p+1/b14-13+/t20-/m1/s1. The number of para-hydroxylation sites is 1. The maximum Gasteiger partial charge on any atom is 0.325 e. The summed E-state index contributed by atoms with van der Waals surface area (Å²) >= 11 is 1.38. The number of rotatable bonds is 5. The lowest BCUT2D eigenvalue weighted by atomic mass is 10.0. The van der Waals surface area contributed by atoms with Crippen LogP contribution in [0.2, 0.25) is 0 Å². The number of benzene rings is 2. The van der Waals surface area contributed by atoms with Crippen molar-refractivity contribution in [2.45, 2.75) is 18.2 Å². The van der Waals surface area contributed by atoms with Gasteiger partial charge in [-0.15, -0.1) is 6.58 Å². The lowest BCUT2D eigenvalue weighted by Gasteiger charge is -2.29. The summed E-state index contributed by atoms with van der Waals surface area (Å²) in [5.41, 5.74) is 2.53. The zero-order chi connectivity index (χ0) is 21.1. The molecule has 2 heterocycles. The number of nitrogens with zero attached hydrogens (tertiary/aromatic N) is 3. The van der Waals surface area contributed by atoms with Gasteiger partial charge in [0, 0.05) is 23.9 Å². The van der Waals surface area contributed by atoms with Crippen molar-refractivity contribution < 1.29 is 9.48 Å². The van der Waals surface area contributed by atoms with E-state index in [1.165, 1.54) is 18.7 Å². The molecule has 3 aromatic rings. The summed E-state index contributed by atoms with van der Waals surface area (Å²) in [6.07, 6.45) is 5.01. The van der Waals surface area contributed by atoms with E-state index in [0.29, 0.717) is 27.9 Å². The van der Waals surface area contributed by atoms with Crippen LogP contribution in [-0.4, -0.2) is 21.7 Å². The monoisotopic (exact) mass is 417 g/mol. The van der Waals surface area contributed by atoms with Crippen LogP contribution in [0.1, 0.15) is 18.7 Å². The van der Waals surface area contributed by atoms with E-state index < -0.39 is 6.17 Å². The molecule has 2 aromatic carbocycles. The molecule has 1 amide bonds. The smallest absolute Gasteiger partial charge is 0.291 e. The Morgan fingerprint density at radius 1 is 1.23 bits per heavy atom. The summed E-state index contributed by atoms with van der Waals surface area (Å²) < 4.78 is 1.63. The topological polar surface area (TPSA) is 69.9 Å². The highest BCUT2D eigenvalue weighted by Crippen LogP contribution is 2.35. The molecule has 0 fully saturated rings.